The number of nitrogens with two attached hydrogens (primary N) is 1. The van der Waals surface area contributed by atoms with Crippen LogP contribution in [0.15, 0.2) is 0 Å². The van der Waals surface area contributed by atoms with Crippen LogP contribution in [0.5, 0.6) is 6.01 Å². The van der Waals surface area contributed by atoms with E-state index in [4.69, 9.17) is 15.2 Å². The van der Waals surface area contributed by atoms with Gasteiger partial charge in [0.15, 0.2) is 0 Å². The highest BCUT2D eigenvalue weighted by atomic mass is 16.5. The number of nitrogens with zero attached hydrogens (tertiary/aromatic N) is 3. The van der Waals surface area contributed by atoms with Gasteiger partial charge in [-0.1, -0.05) is 6.92 Å². The second-order valence-corrected chi connectivity index (χ2v) is 3.63. The van der Waals surface area contributed by atoms with E-state index in [9.17, 15) is 4.79 Å². The lowest BCUT2D eigenvalue weighted by atomic mass is 10.4. The number of anilines is 2. The van der Waals surface area contributed by atoms with E-state index < -0.39 is 0 Å². The van der Waals surface area contributed by atoms with Crippen molar-refractivity contribution in [2.45, 2.75) is 26.7 Å². The maximum absolute atomic E-state index is 11.1. The predicted octanol–water partition coefficient (Wildman–Crippen LogP) is 0.608. The van der Waals surface area contributed by atoms with Crippen molar-refractivity contribution in [3.8, 4) is 6.01 Å². The molecule has 8 heteroatoms. The topological polar surface area (TPSA) is 112 Å². The summed E-state index contributed by atoms with van der Waals surface area (Å²) in [5.41, 5.74) is 5.54. The van der Waals surface area contributed by atoms with E-state index in [-0.39, 0.29) is 30.3 Å². The minimum absolute atomic E-state index is 0.0692. The Morgan fingerprint density at radius 1 is 1.32 bits per heavy atom. The lowest BCUT2D eigenvalue weighted by molar-refractivity contribution is -0.142. The molecule has 8 nitrogen and oxygen atoms in total. The molecule has 0 aliphatic rings. The number of hydrogen-bond donors (Lipinski definition) is 2. The van der Waals surface area contributed by atoms with Gasteiger partial charge in [0.2, 0.25) is 11.9 Å². The molecular formula is C11H19N5O3. The van der Waals surface area contributed by atoms with E-state index in [1.807, 2.05) is 6.92 Å². The molecule has 1 aromatic heterocycles. The highest BCUT2D eigenvalue weighted by Crippen LogP contribution is 2.09. The summed E-state index contributed by atoms with van der Waals surface area (Å²) in [5.74, 6) is 0.0714. The number of carbonyl (C=O) groups excluding carboxylic acids is 1. The summed E-state index contributed by atoms with van der Waals surface area (Å²) in [6, 6.07) is 0.174. The fourth-order valence-corrected chi connectivity index (χ4v) is 1.22. The van der Waals surface area contributed by atoms with Gasteiger partial charge in [0, 0.05) is 6.54 Å². The predicted molar refractivity (Wildman–Crippen MR) is 69.8 cm³/mol. The highest BCUT2D eigenvalue weighted by Gasteiger charge is 2.06. The summed E-state index contributed by atoms with van der Waals surface area (Å²) in [7, 11) is 0. The van der Waals surface area contributed by atoms with E-state index in [0.29, 0.717) is 19.8 Å². The van der Waals surface area contributed by atoms with Gasteiger partial charge in [-0.15, -0.1) is 0 Å². The van der Waals surface area contributed by atoms with Crippen molar-refractivity contribution >= 4 is 17.9 Å². The zero-order chi connectivity index (χ0) is 14.1. The minimum Gasteiger partial charge on any atom is -0.466 e. The third-order valence-electron chi connectivity index (χ3n) is 1.99. The summed E-state index contributed by atoms with van der Waals surface area (Å²) in [4.78, 5) is 22.9. The van der Waals surface area contributed by atoms with Gasteiger partial charge < -0.3 is 20.5 Å². The quantitative estimate of drug-likeness (QED) is 0.660. The van der Waals surface area contributed by atoms with Gasteiger partial charge in [-0.3, -0.25) is 4.79 Å². The Balaban J connectivity index is 2.48. The molecule has 19 heavy (non-hydrogen) atoms. The van der Waals surface area contributed by atoms with Crippen LogP contribution in [0.4, 0.5) is 11.9 Å². The largest absolute Gasteiger partial charge is 0.466 e. The molecule has 3 N–H and O–H groups in total. The average Bonchev–Trinajstić information content (AvgIpc) is 2.36. The molecule has 1 rings (SSSR count). The van der Waals surface area contributed by atoms with Gasteiger partial charge in [0.05, 0.1) is 19.6 Å². The molecule has 1 heterocycles. The number of ether oxygens (including phenoxy) is 2. The molecule has 0 aromatic carbocycles. The van der Waals surface area contributed by atoms with E-state index >= 15 is 0 Å². The zero-order valence-corrected chi connectivity index (χ0v) is 11.2. The van der Waals surface area contributed by atoms with Crippen molar-refractivity contribution in [2.24, 2.45) is 0 Å². The third-order valence-corrected chi connectivity index (χ3v) is 1.99. The van der Waals surface area contributed by atoms with Crippen LogP contribution in [0.1, 0.15) is 26.7 Å². The van der Waals surface area contributed by atoms with E-state index in [0.717, 1.165) is 6.42 Å². The van der Waals surface area contributed by atoms with E-state index in [1.54, 1.807) is 6.92 Å². The molecule has 1 aromatic rings. The van der Waals surface area contributed by atoms with E-state index in [1.165, 1.54) is 0 Å². The van der Waals surface area contributed by atoms with Gasteiger partial charge in [-0.05, 0) is 13.3 Å². The second kappa shape index (κ2) is 8.06. The normalized spacial score (nSPS) is 10.0. The number of carbonyl (C=O) groups is 1. The van der Waals surface area contributed by atoms with Crippen LogP contribution in [0, 0.1) is 0 Å². The standard InChI is InChI=1S/C11H19N5O3/c1-3-7-19-11-15-9(12)14-10(16-11)13-6-5-8(17)18-4-2/h3-7H2,1-2H3,(H3,12,13,14,15,16). The molecule has 0 amide bonds. The van der Waals surface area contributed by atoms with Crippen molar-refractivity contribution in [3.63, 3.8) is 0 Å². The maximum Gasteiger partial charge on any atom is 0.323 e. The zero-order valence-electron chi connectivity index (χ0n) is 11.2. The first-order valence-corrected chi connectivity index (χ1v) is 6.19. The average molecular weight is 269 g/mol. The lowest BCUT2D eigenvalue weighted by Gasteiger charge is -2.07. The Morgan fingerprint density at radius 3 is 2.79 bits per heavy atom. The van der Waals surface area contributed by atoms with Crippen LogP contribution in [0.2, 0.25) is 0 Å². The van der Waals surface area contributed by atoms with Crippen molar-refractivity contribution in [2.75, 3.05) is 30.8 Å². The SMILES string of the molecule is CCCOc1nc(N)nc(NCCC(=O)OCC)n1. The first-order valence-electron chi connectivity index (χ1n) is 6.19. The molecule has 0 radical (unpaired) electrons. The Bertz CT molecular complexity index is 413. The molecular weight excluding hydrogens is 250 g/mol. The smallest absolute Gasteiger partial charge is 0.323 e. The molecule has 0 saturated carbocycles. The van der Waals surface area contributed by atoms with Crippen LogP contribution in [-0.2, 0) is 9.53 Å². The summed E-state index contributed by atoms with van der Waals surface area (Å²) in [6.07, 6.45) is 1.07. The molecule has 0 unspecified atom stereocenters. The van der Waals surface area contributed by atoms with Crippen molar-refractivity contribution in [3.05, 3.63) is 0 Å². The molecule has 0 fully saturated rings. The number of hydrogen-bond acceptors (Lipinski definition) is 8. The van der Waals surface area contributed by atoms with Crippen LogP contribution in [-0.4, -0.2) is 40.7 Å². The number of aromatic nitrogens is 3. The lowest BCUT2D eigenvalue weighted by Crippen LogP contribution is -2.14. The summed E-state index contributed by atoms with van der Waals surface area (Å²) < 4.78 is 10.1. The first kappa shape index (κ1) is 14.9. The van der Waals surface area contributed by atoms with Crippen LogP contribution >= 0.6 is 0 Å². The molecule has 0 bridgehead atoms. The fraction of sp³-hybridized carbons (Fsp3) is 0.636. The Morgan fingerprint density at radius 2 is 2.11 bits per heavy atom. The van der Waals surface area contributed by atoms with Crippen molar-refractivity contribution in [1.29, 1.82) is 0 Å². The molecule has 0 saturated heterocycles. The third kappa shape index (κ3) is 5.84. The minimum atomic E-state index is -0.278. The van der Waals surface area contributed by atoms with Crippen LogP contribution in [0.3, 0.4) is 0 Å². The summed E-state index contributed by atoms with van der Waals surface area (Å²) in [6.45, 7) is 4.96. The number of esters is 1. The molecule has 0 atom stereocenters. The molecule has 0 aliphatic carbocycles. The number of nitrogens with one attached hydrogen (secondary N) is 1. The molecule has 0 spiro atoms. The molecule has 0 aliphatic heterocycles. The molecule has 106 valence electrons. The Labute approximate surface area is 111 Å². The van der Waals surface area contributed by atoms with Crippen molar-refractivity contribution in [1.82, 2.24) is 15.0 Å². The second-order valence-electron chi connectivity index (χ2n) is 3.63. The van der Waals surface area contributed by atoms with Crippen molar-refractivity contribution < 1.29 is 14.3 Å². The van der Waals surface area contributed by atoms with Crippen LogP contribution in [0.25, 0.3) is 0 Å². The van der Waals surface area contributed by atoms with Gasteiger partial charge in [0.25, 0.3) is 0 Å². The monoisotopic (exact) mass is 269 g/mol. The maximum atomic E-state index is 11.1. The summed E-state index contributed by atoms with van der Waals surface area (Å²) >= 11 is 0. The fourth-order valence-electron chi connectivity index (χ4n) is 1.22. The van der Waals surface area contributed by atoms with E-state index in [2.05, 4.69) is 20.3 Å². The van der Waals surface area contributed by atoms with Crippen LogP contribution < -0.4 is 15.8 Å². The number of rotatable bonds is 8. The number of nitrogen functional groups attached to an aromatic ring is 1. The highest BCUT2D eigenvalue weighted by molar-refractivity contribution is 5.69. The van der Waals surface area contributed by atoms with Gasteiger partial charge in [0.1, 0.15) is 0 Å². The van der Waals surface area contributed by atoms with Gasteiger partial charge in [-0.25, -0.2) is 0 Å². The Hall–Kier alpha value is -2.12. The first-order chi connectivity index (χ1) is 9.15. The summed E-state index contributed by atoms with van der Waals surface area (Å²) in [5, 5.41) is 2.87. The Kier molecular flexibility index (Phi) is 6.34. The van der Waals surface area contributed by atoms with Gasteiger partial charge >= 0.3 is 12.0 Å². The van der Waals surface area contributed by atoms with Gasteiger partial charge in [-0.2, -0.15) is 15.0 Å².